The van der Waals surface area contributed by atoms with Gasteiger partial charge in [-0.3, -0.25) is 10.4 Å². The summed E-state index contributed by atoms with van der Waals surface area (Å²) in [6.07, 6.45) is 5.37. The molecule has 0 fully saturated rings. The number of nitrogens with zero attached hydrogens (tertiary/aromatic N) is 1. The summed E-state index contributed by atoms with van der Waals surface area (Å²) in [7, 11) is 0. The minimum atomic E-state index is 0.672. The van der Waals surface area contributed by atoms with Gasteiger partial charge in [-0.25, -0.2) is 0 Å². The average molecular weight is 287 g/mol. The SMILES string of the molecule is NC1=CNN(c2ccc(Br)c(Cl)c2)C=C1. The summed E-state index contributed by atoms with van der Waals surface area (Å²) in [6, 6.07) is 5.70. The summed E-state index contributed by atoms with van der Waals surface area (Å²) in [5.41, 5.74) is 10.2. The Bertz CT molecular complexity index is 442. The van der Waals surface area contributed by atoms with Crippen LogP contribution in [0.25, 0.3) is 0 Å². The summed E-state index contributed by atoms with van der Waals surface area (Å²) in [4.78, 5) is 0. The molecule has 0 aliphatic carbocycles. The summed E-state index contributed by atoms with van der Waals surface area (Å²) >= 11 is 9.34. The minimum Gasteiger partial charge on any atom is -0.397 e. The van der Waals surface area contributed by atoms with Crippen LogP contribution in [0.1, 0.15) is 0 Å². The van der Waals surface area contributed by atoms with Gasteiger partial charge in [0, 0.05) is 16.9 Å². The van der Waals surface area contributed by atoms with Gasteiger partial charge < -0.3 is 5.73 Å². The van der Waals surface area contributed by atoms with E-state index in [4.69, 9.17) is 17.3 Å². The Morgan fingerprint density at radius 3 is 2.80 bits per heavy atom. The van der Waals surface area contributed by atoms with Crippen LogP contribution in [-0.2, 0) is 0 Å². The molecule has 1 aromatic rings. The van der Waals surface area contributed by atoms with Gasteiger partial charge in [-0.2, -0.15) is 0 Å². The van der Waals surface area contributed by atoms with Crippen LogP contribution < -0.4 is 16.2 Å². The fourth-order valence-electron chi connectivity index (χ4n) is 1.19. The number of nitrogens with one attached hydrogen (secondary N) is 1. The summed E-state index contributed by atoms with van der Waals surface area (Å²) < 4.78 is 0.879. The van der Waals surface area contributed by atoms with Crippen molar-refractivity contribution in [2.45, 2.75) is 0 Å². The van der Waals surface area contributed by atoms with Crippen molar-refractivity contribution in [3.63, 3.8) is 0 Å². The molecule has 0 saturated carbocycles. The van der Waals surface area contributed by atoms with Gasteiger partial charge in [0.1, 0.15) is 0 Å². The van der Waals surface area contributed by atoms with Crippen LogP contribution >= 0.6 is 27.5 Å². The number of hydrazine groups is 1. The fourth-order valence-corrected chi connectivity index (χ4v) is 1.61. The molecule has 0 spiro atoms. The first kappa shape index (κ1) is 10.4. The van der Waals surface area contributed by atoms with Gasteiger partial charge in [-0.1, -0.05) is 11.6 Å². The molecule has 1 heterocycles. The lowest BCUT2D eigenvalue weighted by molar-refractivity contribution is 0.853. The van der Waals surface area contributed by atoms with Crippen LogP contribution in [0.4, 0.5) is 5.69 Å². The third-order valence-corrected chi connectivity index (χ3v) is 3.20. The number of hydrogen-bond donors (Lipinski definition) is 2. The Hall–Kier alpha value is -1.13. The predicted molar refractivity (Wildman–Crippen MR) is 66.2 cm³/mol. The number of anilines is 1. The van der Waals surface area contributed by atoms with Crippen molar-refractivity contribution in [3.8, 4) is 0 Å². The highest BCUT2D eigenvalue weighted by Gasteiger charge is 2.06. The molecule has 1 aromatic carbocycles. The molecular weight excluding hydrogens is 277 g/mol. The molecule has 3 nitrogen and oxygen atoms in total. The van der Waals surface area contributed by atoms with E-state index in [2.05, 4.69) is 21.4 Å². The van der Waals surface area contributed by atoms with Crippen molar-refractivity contribution in [2.24, 2.45) is 5.73 Å². The molecule has 1 aliphatic heterocycles. The van der Waals surface area contributed by atoms with E-state index in [9.17, 15) is 0 Å². The summed E-state index contributed by atoms with van der Waals surface area (Å²) in [6.45, 7) is 0. The predicted octanol–water partition coefficient (Wildman–Crippen LogP) is 2.74. The molecule has 1 aliphatic rings. The lowest BCUT2D eigenvalue weighted by Crippen LogP contribution is -2.32. The number of hydrogen-bond acceptors (Lipinski definition) is 3. The zero-order valence-corrected chi connectivity index (χ0v) is 10.1. The average Bonchev–Trinajstić information content (AvgIpc) is 2.23. The van der Waals surface area contributed by atoms with Gasteiger partial charge in [0.25, 0.3) is 0 Å². The molecule has 0 radical (unpaired) electrons. The Kier molecular flexibility index (Phi) is 2.88. The van der Waals surface area contributed by atoms with Crippen LogP contribution in [0.15, 0.2) is 46.8 Å². The smallest absolute Gasteiger partial charge is 0.0638 e. The zero-order chi connectivity index (χ0) is 10.8. The van der Waals surface area contributed by atoms with Crippen LogP contribution in [0.5, 0.6) is 0 Å². The van der Waals surface area contributed by atoms with E-state index in [1.165, 1.54) is 0 Å². The zero-order valence-electron chi connectivity index (χ0n) is 7.74. The van der Waals surface area contributed by atoms with Gasteiger partial charge in [-0.05, 0) is 40.2 Å². The first-order valence-electron chi connectivity index (χ1n) is 4.31. The van der Waals surface area contributed by atoms with Crippen LogP contribution in [-0.4, -0.2) is 0 Å². The van der Waals surface area contributed by atoms with Crippen LogP contribution in [0, 0.1) is 0 Å². The third-order valence-electron chi connectivity index (χ3n) is 1.97. The largest absolute Gasteiger partial charge is 0.397 e. The lowest BCUT2D eigenvalue weighted by atomic mass is 10.3. The molecule has 78 valence electrons. The van der Waals surface area contributed by atoms with Crippen LogP contribution in [0.2, 0.25) is 5.02 Å². The second-order valence-electron chi connectivity index (χ2n) is 3.06. The number of nitrogens with two attached hydrogens (primary N) is 1. The van der Waals surface area contributed by atoms with Gasteiger partial charge in [-0.15, -0.1) is 0 Å². The first-order chi connectivity index (χ1) is 7.16. The number of benzene rings is 1. The van der Waals surface area contributed by atoms with Crippen LogP contribution in [0.3, 0.4) is 0 Å². The molecule has 3 N–H and O–H groups in total. The lowest BCUT2D eigenvalue weighted by Gasteiger charge is -2.23. The Labute approximate surface area is 101 Å². The van der Waals surface area contributed by atoms with E-state index in [0.717, 1.165) is 10.2 Å². The quantitative estimate of drug-likeness (QED) is 0.834. The molecule has 0 saturated heterocycles. The van der Waals surface area contributed by atoms with E-state index in [0.29, 0.717) is 10.7 Å². The number of halogens is 2. The number of rotatable bonds is 1. The molecule has 0 aromatic heterocycles. The molecule has 0 amide bonds. The van der Waals surface area contributed by atoms with Gasteiger partial charge >= 0.3 is 0 Å². The van der Waals surface area contributed by atoms with Crippen molar-refractivity contribution in [2.75, 3.05) is 5.01 Å². The first-order valence-corrected chi connectivity index (χ1v) is 5.48. The highest BCUT2D eigenvalue weighted by molar-refractivity contribution is 9.10. The third kappa shape index (κ3) is 2.27. The van der Waals surface area contributed by atoms with Crippen molar-refractivity contribution in [3.05, 3.63) is 51.9 Å². The van der Waals surface area contributed by atoms with E-state index in [1.54, 1.807) is 6.20 Å². The Morgan fingerprint density at radius 1 is 1.40 bits per heavy atom. The molecule has 2 rings (SSSR count). The maximum absolute atomic E-state index is 6.00. The van der Waals surface area contributed by atoms with Gasteiger partial charge in [0.2, 0.25) is 0 Å². The normalized spacial score (nSPS) is 14.8. The van der Waals surface area contributed by atoms with E-state index in [-0.39, 0.29) is 0 Å². The van der Waals surface area contributed by atoms with E-state index in [1.807, 2.05) is 35.5 Å². The molecule has 0 unspecified atom stereocenters. The monoisotopic (exact) mass is 285 g/mol. The summed E-state index contributed by atoms with van der Waals surface area (Å²) in [5, 5.41) is 2.50. The standard InChI is InChI=1S/C10H9BrClN3/c11-9-2-1-8(5-10(9)12)15-4-3-7(13)6-14-15/h1-6,14H,13H2. The number of allylic oxidation sites excluding steroid dienone is 1. The molecule has 5 heteroatoms. The van der Waals surface area contributed by atoms with Crippen molar-refractivity contribution in [1.29, 1.82) is 0 Å². The van der Waals surface area contributed by atoms with Crippen molar-refractivity contribution in [1.82, 2.24) is 5.43 Å². The molecule has 0 bridgehead atoms. The molecular formula is C10H9BrClN3. The fraction of sp³-hybridized carbons (Fsp3) is 0. The second-order valence-corrected chi connectivity index (χ2v) is 4.32. The van der Waals surface area contributed by atoms with Gasteiger partial charge in [0.15, 0.2) is 0 Å². The van der Waals surface area contributed by atoms with Crippen molar-refractivity contribution < 1.29 is 0 Å². The van der Waals surface area contributed by atoms with Crippen molar-refractivity contribution >= 4 is 33.2 Å². The maximum Gasteiger partial charge on any atom is 0.0638 e. The molecule has 0 atom stereocenters. The summed E-state index contributed by atoms with van der Waals surface area (Å²) in [5.74, 6) is 0. The highest BCUT2D eigenvalue weighted by Crippen LogP contribution is 2.27. The maximum atomic E-state index is 6.00. The Morgan fingerprint density at radius 2 is 2.20 bits per heavy atom. The van der Waals surface area contributed by atoms with E-state index >= 15 is 0 Å². The highest BCUT2D eigenvalue weighted by atomic mass is 79.9. The second kappa shape index (κ2) is 4.16. The van der Waals surface area contributed by atoms with E-state index < -0.39 is 0 Å². The van der Waals surface area contributed by atoms with Gasteiger partial charge in [0.05, 0.1) is 16.4 Å². The topological polar surface area (TPSA) is 41.3 Å². The molecule has 15 heavy (non-hydrogen) atoms. The minimum absolute atomic E-state index is 0.672. The Balaban J connectivity index is 2.25.